The second-order valence-electron chi connectivity index (χ2n) is 6.43. The number of para-hydroxylation sites is 1. The van der Waals surface area contributed by atoms with E-state index in [0.717, 1.165) is 30.9 Å². The summed E-state index contributed by atoms with van der Waals surface area (Å²) in [5, 5.41) is 2.97. The summed E-state index contributed by atoms with van der Waals surface area (Å²) in [5.74, 6) is 0.854. The van der Waals surface area contributed by atoms with E-state index in [1.54, 1.807) is 11.7 Å². The van der Waals surface area contributed by atoms with Gasteiger partial charge in [0.25, 0.3) is 5.56 Å². The molecule has 0 saturated carbocycles. The zero-order chi connectivity index (χ0) is 17.5. The highest BCUT2D eigenvalue weighted by atomic mass is 16.5. The zero-order valence-corrected chi connectivity index (χ0v) is 15.2. The number of hydrogen-bond donors (Lipinski definition) is 2. The summed E-state index contributed by atoms with van der Waals surface area (Å²) in [4.78, 5) is 19.2. The average Bonchev–Trinajstić information content (AvgIpc) is 2.58. The van der Waals surface area contributed by atoms with E-state index >= 15 is 0 Å². The maximum absolute atomic E-state index is 12.9. The smallest absolute Gasteiger partial charge is 0.261 e. The Balaban J connectivity index is 2.42. The van der Waals surface area contributed by atoms with Gasteiger partial charge in [0.1, 0.15) is 19.1 Å². The molecule has 0 fully saturated rings. The highest BCUT2D eigenvalue weighted by Crippen LogP contribution is 2.13. The van der Waals surface area contributed by atoms with Crippen LogP contribution < -0.4 is 15.8 Å². The Kier molecular flexibility index (Phi) is 6.90. The minimum atomic E-state index is 0.0257. The first kappa shape index (κ1) is 18.6. The lowest BCUT2D eigenvalue weighted by Gasteiger charge is -2.19. The fraction of sp³-hybridized carbons (Fsp3) is 0.556. The van der Waals surface area contributed by atoms with Crippen molar-refractivity contribution in [1.29, 1.82) is 0 Å². The molecule has 0 unspecified atom stereocenters. The van der Waals surface area contributed by atoms with Crippen molar-refractivity contribution in [2.24, 2.45) is 0 Å². The first-order valence-corrected chi connectivity index (χ1v) is 8.69. The SMILES string of the molecule is CC[C@@H]([NH2+]CC[NH+](C)C)c1nc2ccccc2c(=O)n1CCOC. The van der Waals surface area contributed by atoms with Crippen LogP contribution in [0.4, 0.5) is 0 Å². The van der Waals surface area contributed by atoms with E-state index in [-0.39, 0.29) is 11.6 Å². The highest BCUT2D eigenvalue weighted by molar-refractivity contribution is 5.77. The monoisotopic (exact) mass is 334 g/mol. The summed E-state index contributed by atoms with van der Waals surface area (Å²) >= 11 is 0. The van der Waals surface area contributed by atoms with Gasteiger partial charge in [-0.2, -0.15) is 0 Å². The molecule has 0 bridgehead atoms. The van der Waals surface area contributed by atoms with Gasteiger partial charge in [0.2, 0.25) is 0 Å². The van der Waals surface area contributed by atoms with Gasteiger partial charge in [-0.05, 0) is 12.1 Å². The second-order valence-corrected chi connectivity index (χ2v) is 6.43. The Bertz CT molecular complexity index is 712. The molecule has 3 N–H and O–H groups in total. The summed E-state index contributed by atoms with van der Waals surface area (Å²) in [6.07, 6.45) is 0.931. The summed E-state index contributed by atoms with van der Waals surface area (Å²) in [6.45, 7) is 5.27. The Hall–Kier alpha value is -1.76. The fourth-order valence-corrected chi connectivity index (χ4v) is 2.89. The third-order valence-corrected chi connectivity index (χ3v) is 4.28. The van der Waals surface area contributed by atoms with Gasteiger partial charge in [0.15, 0.2) is 5.82 Å². The zero-order valence-electron chi connectivity index (χ0n) is 15.2. The van der Waals surface area contributed by atoms with Crippen molar-refractivity contribution in [2.45, 2.75) is 25.9 Å². The normalized spacial score (nSPS) is 12.9. The fourth-order valence-electron chi connectivity index (χ4n) is 2.89. The van der Waals surface area contributed by atoms with Crippen molar-refractivity contribution in [3.63, 3.8) is 0 Å². The van der Waals surface area contributed by atoms with Crippen LogP contribution in [-0.2, 0) is 11.3 Å². The van der Waals surface area contributed by atoms with Crippen molar-refractivity contribution in [3.05, 3.63) is 40.4 Å². The Morgan fingerprint density at radius 2 is 2.08 bits per heavy atom. The van der Waals surface area contributed by atoms with Crippen LogP contribution >= 0.6 is 0 Å². The molecule has 1 aromatic heterocycles. The number of hydrogen-bond acceptors (Lipinski definition) is 3. The molecule has 1 aromatic carbocycles. The molecule has 0 aliphatic carbocycles. The van der Waals surface area contributed by atoms with Gasteiger partial charge in [-0.3, -0.25) is 9.36 Å². The maximum Gasteiger partial charge on any atom is 0.261 e. The molecule has 2 rings (SSSR count). The quantitative estimate of drug-likeness (QED) is 0.631. The van der Waals surface area contributed by atoms with Gasteiger partial charge in [-0.15, -0.1) is 0 Å². The number of rotatable bonds is 9. The van der Waals surface area contributed by atoms with E-state index < -0.39 is 0 Å². The lowest BCUT2D eigenvalue weighted by molar-refractivity contribution is -0.877. The molecule has 0 radical (unpaired) electrons. The number of benzene rings is 1. The molecule has 132 valence electrons. The van der Waals surface area contributed by atoms with Crippen LogP contribution in [0.3, 0.4) is 0 Å². The molecule has 24 heavy (non-hydrogen) atoms. The second kappa shape index (κ2) is 8.92. The average molecular weight is 334 g/mol. The lowest BCUT2D eigenvalue weighted by Crippen LogP contribution is -3.09. The lowest BCUT2D eigenvalue weighted by atomic mass is 10.1. The number of likely N-dealkylation sites (N-methyl/N-ethyl adjacent to an activating group) is 1. The number of aromatic nitrogens is 2. The van der Waals surface area contributed by atoms with Gasteiger partial charge < -0.3 is 15.0 Å². The van der Waals surface area contributed by atoms with Crippen molar-refractivity contribution < 1.29 is 15.0 Å². The summed E-state index contributed by atoms with van der Waals surface area (Å²) < 4.78 is 6.98. The number of fused-ring (bicyclic) bond motifs is 1. The predicted octanol–water partition coefficient (Wildman–Crippen LogP) is -0.798. The van der Waals surface area contributed by atoms with E-state index in [9.17, 15) is 4.79 Å². The molecular weight excluding hydrogens is 304 g/mol. The summed E-state index contributed by atoms with van der Waals surface area (Å²) in [5.41, 5.74) is 0.800. The largest absolute Gasteiger partial charge is 0.383 e. The van der Waals surface area contributed by atoms with Gasteiger partial charge in [-0.25, -0.2) is 4.98 Å². The van der Waals surface area contributed by atoms with E-state index in [1.807, 2.05) is 24.3 Å². The molecule has 6 heteroatoms. The van der Waals surface area contributed by atoms with Gasteiger partial charge in [-0.1, -0.05) is 19.1 Å². The summed E-state index contributed by atoms with van der Waals surface area (Å²) in [6, 6.07) is 7.75. The summed E-state index contributed by atoms with van der Waals surface area (Å²) in [7, 11) is 5.96. The number of methoxy groups -OCH3 is 1. The molecule has 0 aliphatic heterocycles. The molecule has 0 saturated heterocycles. The number of nitrogens with one attached hydrogen (secondary N) is 1. The van der Waals surface area contributed by atoms with Crippen LogP contribution in [0.25, 0.3) is 10.9 Å². The van der Waals surface area contributed by atoms with E-state index in [2.05, 4.69) is 26.3 Å². The third-order valence-electron chi connectivity index (χ3n) is 4.28. The molecule has 0 amide bonds. The van der Waals surface area contributed by atoms with Gasteiger partial charge in [0.05, 0.1) is 38.1 Å². The molecule has 1 atom stereocenters. The minimum absolute atomic E-state index is 0.0257. The van der Waals surface area contributed by atoms with E-state index in [1.165, 1.54) is 4.90 Å². The number of ether oxygens (including phenoxy) is 1. The van der Waals surface area contributed by atoms with Crippen molar-refractivity contribution >= 4 is 10.9 Å². The van der Waals surface area contributed by atoms with E-state index in [0.29, 0.717) is 18.5 Å². The highest BCUT2D eigenvalue weighted by Gasteiger charge is 2.21. The first-order chi connectivity index (χ1) is 11.6. The van der Waals surface area contributed by atoms with Crippen LogP contribution in [0.5, 0.6) is 0 Å². The van der Waals surface area contributed by atoms with Crippen LogP contribution in [0.2, 0.25) is 0 Å². The molecule has 0 aliphatic rings. The topological polar surface area (TPSA) is 65.2 Å². The molecule has 1 heterocycles. The van der Waals surface area contributed by atoms with E-state index in [4.69, 9.17) is 9.72 Å². The first-order valence-electron chi connectivity index (χ1n) is 8.69. The maximum atomic E-state index is 12.9. The Morgan fingerprint density at radius 1 is 1.33 bits per heavy atom. The van der Waals surface area contributed by atoms with Gasteiger partial charge >= 0.3 is 0 Å². The standard InChI is InChI=1S/C18H28N4O2/c1-5-15(19-10-11-21(2)3)17-20-16-9-7-6-8-14(16)18(23)22(17)12-13-24-4/h6-9,15,19H,5,10-13H2,1-4H3/p+2/t15-/m1/s1. The molecule has 6 nitrogen and oxygen atoms in total. The predicted molar refractivity (Wildman–Crippen MR) is 95.4 cm³/mol. The molecular formula is C18H30N4O2+2. The number of nitrogens with two attached hydrogens (primary N) is 1. The number of nitrogens with zero attached hydrogens (tertiary/aromatic N) is 2. The Morgan fingerprint density at radius 3 is 2.75 bits per heavy atom. The number of quaternary nitrogens is 2. The molecule has 0 spiro atoms. The van der Waals surface area contributed by atoms with Crippen molar-refractivity contribution in [2.75, 3.05) is 40.9 Å². The van der Waals surface area contributed by atoms with Crippen LogP contribution in [-0.4, -0.2) is 50.5 Å². The van der Waals surface area contributed by atoms with Crippen molar-refractivity contribution in [1.82, 2.24) is 9.55 Å². The minimum Gasteiger partial charge on any atom is -0.383 e. The van der Waals surface area contributed by atoms with Crippen LogP contribution in [0.15, 0.2) is 29.1 Å². The Labute approximate surface area is 143 Å². The molecule has 2 aromatic rings. The van der Waals surface area contributed by atoms with Crippen LogP contribution in [0.1, 0.15) is 25.2 Å². The van der Waals surface area contributed by atoms with Crippen LogP contribution in [0, 0.1) is 0 Å². The third kappa shape index (κ3) is 4.41. The van der Waals surface area contributed by atoms with Crippen molar-refractivity contribution in [3.8, 4) is 0 Å². The van der Waals surface area contributed by atoms with Gasteiger partial charge in [0, 0.05) is 13.5 Å².